The normalized spacial score (nSPS) is 11.9. The Bertz CT molecular complexity index is 1070. The van der Waals surface area contributed by atoms with Crippen LogP contribution in [0.15, 0.2) is 42.2 Å². The van der Waals surface area contributed by atoms with Crippen molar-refractivity contribution in [2.45, 2.75) is 34.6 Å². The van der Waals surface area contributed by atoms with Crippen LogP contribution in [0.4, 0.5) is 0 Å². The number of ketones is 1. The van der Waals surface area contributed by atoms with Crippen molar-refractivity contribution >= 4 is 16.6 Å². The molecule has 0 unspecified atom stereocenters. The fraction of sp³-hybridized carbons (Fsp3) is 0.333. The number of hydrogen-bond acceptors (Lipinski definition) is 3. The van der Waals surface area contributed by atoms with Gasteiger partial charge >= 0.3 is 0 Å². The van der Waals surface area contributed by atoms with E-state index in [9.17, 15) is 9.90 Å². The molecule has 1 N–H and O–H groups in total. The third-order valence-corrected chi connectivity index (χ3v) is 5.10. The zero-order chi connectivity index (χ0) is 20.6. The van der Waals surface area contributed by atoms with Crippen LogP contribution in [0.3, 0.4) is 0 Å². The minimum absolute atomic E-state index is 0. The van der Waals surface area contributed by atoms with E-state index in [2.05, 4.69) is 46.9 Å². The number of benzene rings is 2. The average Bonchev–Trinajstić information content (AvgIpc) is 3.12. The predicted molar refractivity (Wildman–Crippen MR) is 114 cm³/mol. The van der Waals surface area contributed by atoms with Crippen molar-refractivity contribution in [1.29, 1.82) is 0 Å². The van der Waals surface area contributed by atoms with Crippen LogP contribution in [-0.4, -0.2) is 20.4 Å². The van der Waals surface area contributed by atoms with Crippen LogP contribution in [0, 0.1) is 24.8 Å². The van der Waals surface area contributed by atoms with E-state index in [1.165, 1.54) is 28.1 Å². The van der Waals surface area contributed by atoms with Gasteiger partial charge in [-0.25, -0.2) is 0 Å². The number of aromatic nitrogens is 2. The molecule has 1 heterocycles. The molecule has 0 fully saturated rings. The Morgan fingerprint density at radius 3 is 2.48 bits per heavy atom. The van der Waals surface area contributed by atoms with Crippen LogP contribution in [0.25, 0.3) is 33.3 Å². The minimum Gasteiger partial charge on any atom is -0.512 e. The van der Waals surface area contributed by atoms with Gasteiger partial charge in [0, 0.05) is 57.4 Å². The predicted octanol–water partition coefficient (Wildman–Crippen LogP) is 5.64. The summed E-state index contributed by atoms with van der Waals surface area (Å²) < 4.78 is 2.16. The molecule has 4 rings (SSSR count). The van der Waals surface area contributed by atoms with Gasteiger partial charge in [-0.2, -0.15) is 0 Å². The Balaban J connectivity index is 0.000000222. The Morgan fingerprint density at radius 1 is 1.17 bits per heavy atom. The maximum Gasteiger partial charge on any atom is 0.161 e. The van der Waals surface area contributed by atoms with Crippen LogP contribution in [0.5, 0.6) is 0 Å². The minimum atomic E-state index is -0.0316. The zero-order valence-electron chi connectivity index (χ0n) is 17.7. The van der Waals surface area contributed by atoms with Crippen molar-refractivity contribution in [3.05, 3.63) is 54.1 Å². The van der Waals surface area contributed by atoms with Crippen molar-refractivity contribution in [3.8, 4) is 22.5 Å². The summed E-state index contributed by atoms with van der Waals surface area (Å²) in [7, 11) is 2.08. The number of fused-ring (bicyclic) bond motifs is 3. The van der Waals surface area contributed by atoms with Crippen LogP contribution in [-0.2, 0) is 32.9 Å². The first kappa shape index (κ1) is 23.1. The first-order valence-corrected chi connectivity index (χ1v) is 9.64. The van der Waals surface area contributed by atoms with Gasteiger partial charge in [0.05, 0.1) is 11.6 Å². The van der Waals surface area contributed by atoms with E-state index in [-0.39, 0.29) is 44.4 Å². The number of aryl methyl sites for hydroxylation is 1. The molecule has 29 heavy (non-hydrogen) atoms. The van der Waals surface area contributed by atoms with Crippen molar-refractivity contribution in [2.75, 3.05) is 0 Å². The summed E-state index contributed by atoms with van der Waals surface area (Å²) in [6.07, 6.45) is 1.31. The van der Waals surface area contributed by atoms with Crippen molar-refractivity contribution in [3.63, 3.8) is 0 Å². The molecule has 2 aromatic carbocycles. The second-order valence-corrected chi connectivity index (χ2v) is 7.82. The molecule has 1 aliphatic rings. The maximum absolute atomic E-state index is 11.0. The van der Waals surface area contributed by atoms with E-state index in [4.69, 9.17) is 0 Å². The molecule has 0 saturated carbocycles. The van der Waals surface area contributed by atoms with Gasteiger partial charge in [0.25, 0.3) is 0 Å². The van der Waals surface area contributed by atoms with E-state index in [1.54, 1.807) is 0 Å². The van der Waals surface area contributed by atoms with Crippen molar-refractivity contribution in [2.24, 2.45) is 18.9 Å². The second kappa shape index (κ2) is 9.09. The van der Waals surface area contributed by atoms with Gasteiger partial charge < -0.3 is 9.67 Å². The molecule has 0 aliphatic heterocycles. The summed E-state index contributed by atoms with van der Waals surface area (Å²) in [5, 5.41) is 11.8. The Hall–Kier alpha value is -2.19. The van der Waals surface area contributed by atoms with Gasteiger partial charge in [-0.05, 0) is 12.5 Å². The molecule has 4 nitrogen and oxygen atoms in total. The monoisotopic (exact) mass is 570 g/mol. The molecule has 5 heteroatoms. The smallest absolute Gasteiger partial charge is 0.161 e. The van der Waals surface area contributed by atoms with Gasteiger partial charge in [-0.1, -0.05) is 51.3 Å². The molecule has 0 spiro atoms. The summed E-state index contributed by atoms with van der Waals surface area (Å²) >= 11 is 0. The molecule has 0 amide bonds. The fourth-order valence-electron chi connectivity index (χ4n) is 3.23. The van der Waals surface area contributed by atoms with E-state index in [1.807, 2.05) is 40.7 Å². The van der Waals surface area contributed by atoms with E-state index < -0.39 is 0 Å². The Labute approximate surface area is 186 Å². The number of carbonyl (C=O) groups excluding carboxylic acids is 1. The van der Waals surface area contributed by atoms with E-state index in [0.717, 1.165) is 17.1 Å². The van der Waals surface area contributed by atoms with Crippen LogP contribution in [0.1, 0.15) is 33.5 Å². The summed E-state index contributed by atoms with van der Waals surface area (Å²) in [5.74, 6) is 1.21. The van der Waals surface area contributed by atoms with Gasteiger partial charge in [-0.3, -0.25) is 9.78 Å². The number of aliphatic hydroxyl groups is 1. The summed E-state index contributed by atoms with van der Waals surface area (Å²) in [4.78, 5) is 15.7. The average molecular weight is 571 g/mol. The first-order chi connectivity index (χ1) is 13.2. The third kappa shape index (κ3) is 4.38. The number of aliphatic hydroxyl groups excluding tert-OH is 1. The molecule has 1 aromatic heterocycles. The number of carbonyl (C=O) groups is 1. The summed E-state index contributed by atoms with van der Waals surface area (Å²) in [5.41, 5.74) is 4.74. The molecule has 3 aromatic rings. The molecule has 0 radical (unpaired) electrons. The van der Waals surface area contributed by atoms with Gasteiger partial charge in [0.2, 0.25) is 0 Å². The first-order valence-electron chi connectivity index (χ1n) is 9.64. The second-order valence-electron chi connectivity index (χ2n) is 7.82. The number of rotatable bonds is 3. The van der Waals surface area contributed by atoms with Crippen LogP contribution in [0.2, 0.25) is 0 Å². The third-order valence-electron chi connectivity index (χ3n) is 5.10. The number of hydrogen-bond donors (Lipinski definition) is 1. The number of imidazole rings is 1. The molecule has 156 valence electrons. The van der Waals surface area contributed by atoms with E-state index in [0.29, 0.717) is 0 Å². The SMILES string of the molecule is CC(C)C(=O)/C=C(\O)C(C)C.Cc1nc2c(n1C)-c1cccc3cc[c-]c-2c13.[Pt]. The molecular weight excluding hydrogens is 543 g/mol. The topological polar surface area (TPSA) is 55.1 Å². The summed E-state index contributed by atoms with van der Waals surface area (Å²) in [6, 6.07) is 13.9. The van der Waals surface area contributed by atoms with Crippen LogP contribution >= 0.6 is 0 Å². The Morgan fingerprint density at radius 2 is 1.86 bits per heavy atom. The molecule has 1 aliphatic carbocycles. The number of allylic oxidation sites excluding steroid dienone is 2. The fourth-order valence-corrected chi connectivity index (χ4v) is 3.23. The zero-order valence-corrected chi connectivity index (χ0v) is 20.0. The maximum atomic E-state index is 11.0. The van der Waals surface area contributed by atoms with Gasteiger partial charge in [0.1, 0.15) is 0 Å². The van der Waals surface area contributed by atoms with E-state index >= 15 is 0 Å². The largest absolute Gasteiger partial charge is 0.512 e. The molecular formula is C24H27N2O2Pt-. The summed E-state index contributed by atoms with van der Waals surface area (Å²) in [6.45, 7) is 9.36. The number of nitrogens with zero attached hydrogens (tertiary/aromatic N) is 2. The van der Waals surface area contributed by atoms with Gasteiger partial charge in [0.15, 0.2) is 5.78 Å². The van der Waals surface area contributed by atoms with Gasteiger partial charge in [-0.15, -0.1) is 29.1 Å². The quantitative estimate of drug-likeness (QED) is 0.197. The van der Waals surface area contributed by atoms with Crippen molar-refractivity contribution < 1.29 is 31.0 Å². The standard InChI is InChI=1S/C15H11N2.C9H16O2.Pt/c1-9-16-14-11-7-3-5-10-6-4-8-12(13(10)11)15(14)17(9)2;1-6(2)8(10)5-9(11)7(3)4;/h3-6,8H,1-2H3;5-7,10H,1-4H3;/q-1;;/b;8-5-;. The van der Waals surface area contributed by atoms with Crippen molar-refractivity contribution in [1.82, 2.24) is 9.55 Å². The molecule has 0 saturated heterocycles. The molecule has 0 atom stereocenters. The molecule has 0 bridgehead atoms. The van der Waals surface area contributed by atoms with Crippen LogP contribution < -0.4 is 0 Å². The Kier molecular flexibility index (Phi) is 7.24.